The number of aromatic nitrogens is 3. The predicted molar refractivity (Wildman–Crippen MR) is 84.1 cm³/mol. The SMILES string of the molecule is Cc1nc2ccc(Br)nc2n1COCC[Si](C)(C)C. The Morgan fingerprint density at radius 1 is 1.26 bits per heavy atom. The van der Waals surface area contributed by atoms with Crippen LogP contribution in [0.5, 0.6) is 0 Å². The largest absolute Gasteiger partial charge is 0.361 e. The van der Waals surface area contributed by atoms with E-state index in [0.717, 1.165) is 28.2 Å². The molecule has 0 radical (unpaired) electrons. The number of nitrogens with zero attached hydrogens (tertiary/aromatic N) is 3. The van der Waals surface area contributed by atoms with Gasteiger partial charge in [0.1, 0.15) is 22.7 Å². The van der Waals surface area contributed by atoms with Crippen molar-refractivity contribution in [2.24, 2.45) is 0 Å². The van der Waals surface area contributed by atoms with Crippen molar-refractivity contribution in [1.29, 1.82) is 0 Å². The van der Waals surface area contributed by atoms with Gasteiger partial charge in [-0.1, -0.05) is 19.6 Å². The lowest BCUT2D eigenvalue weighted by Crippen LogP contribution is -2.22. The minimum atomic E-state index is -1.03. The van der Waals surface area contributed by atoms with Gasteiger partial charge in [0.15, 0.2) is 5.65 Å². The van der Waals surface area contributed by atoms with Crippen LogP contribution in [0, 0.1) is 6.92 Å². The number of halogens is 1. The molecule has 19 heavy (non-hydrogen) atoms. The van der Waals surface area contributed by atoms with Crippen LogP contribution >= 0.6 is 15.9 Å². The van der Waals surface area contributed by atoms with E-state index >= 15 is 0 Å². The quantitative estimate of drug-likeness (QED) is 0.471. The highest BCUT2D eigenvalue weighted by molar-refractivity contribution is 9.10. The maximum absolute atomic E-state index is 5.79. The van der Waals surface area contributed by atoms with Crippen molar-refractivity contribution >= 4 is 35.2 Å². The van der Waals surface area contributed by atoms with Gasteiger partial charge in [-0.2, -0.15) is 0 Å². The molecule has 0 aliphatic heterocycles. The number of ether oxygens (including phenoxy) is 1. The van der Waals surface area contributed by atoms with Gasteiger partial charge in [-0.25, -0.2) is 9.97 Å². The summed E-state index contributed by atoms with van der Waals surface area (Å²) in [7, 11) is -1.03. The molecule has 6 heteroatoms. The molecule has 0 aromatic carbocycles. The lowest BCUT2D eigenvalue weighted by atomic mass is 10.4. The van der Waals surface area contributed by atoms with E-state index in [0.29, 0.717) is 6.73 Å². The minimum Gasteiger partial charge on any atom is -0.361 e. The van der Waals surface area contributed by atoms with Gasteiger partial charge in [0.25, 0.3) is 0 Å². The molecule has 0 saturated heterocycles. The lowest BCUT2D eigenvalue weighted by molar-refractivity contribution is 0.0881. The summed E-state index contributed by atoms with van der Waals surface area (Å²) in [6, 6.07) is 5.05. The fourth-order valence-corrected chi connectivity index (χ4v) is 2.84. The Morgan fingerprint density at radius 2 is 2.00 bits per heavy atom. The zero-order chi connectivity index (χ0) is 14.0. The predicted octanol–water partition coefficient (Wildman–Crippen LogP) is 3.81. The van der Waals surface area contributed by atoms with Crippen molar-refractivity contribution in [1.82, 2.24) is 14.5 Å². The molecule has 0 bridgehead atoms. The van der Waals surface area contributed by atoms with E-state index in [1.807, 2.05) is 23.6 Å². The van der Waals surface area contributed by atoms with Gasteiger partial charge in [-0.05, 0) is 41.0 Å². The summed E-state index contributed by atoms with van der Waals surface area (Å²) in [5, 5.41) is 0. The highest BCUT2D eigenvalue weighted by Crippen LogP contribution is 2.17. The second-order valence-corrected chi connectivity index (χ2v) is 12.3. The Bertz CT molecular complexity index is 577. The number of hydrogen-bond donors (Lipinski definition) is 0. The molecule has 2 aromatic rings. The first-order valence-electron chi connectivity index (χ1n) is 6.44. The second kappa shape index (κ2) is 5.72. The molecule has 0 atom stereocenters. The molecule has 2 heterocycles. The molecule has 0 aliphatic rings. The fourth-order valence-electron chi connectivity index (χ4n) is 1.78. The average Bonchev–Trinajstić information content (AvgIpc) is 2.59. The molecule has 0 aliphatic carbocycles. The third-order valence-corrected chi connectivity index (χ3v) is 5.11. The Balaban J connectivity index is 2.08. The lowest BCUT2D eigenvalue weighted by Gasteiger charge is -2.15. The summed E-state index contributed by atoms with van der Waals surface area (Å²) in [6.07, 6.45) is 0. The Hall–Kier alpha value is -0.723. The number of rotatable bonds is 5. The van der Waals surface area contributed by atoms with Gasteiger partial charge in [-0.3, -0.25) is 4.57 Å². The molecule has 0 unspecified atom stereocenters. The molecular weight excluding hydrogens is 322 g/mol. The molecule has 0 spiro atoms. The van der Waals surface area contributed by atoms with Crippen molar-refractivity contribution < 1.29 is 4.74 Å². The van der Waals surface area contributed by atoms with Crippen molar-refractivity contribution in [2.75, 3.05) is 6.61 Å². The van der Waals surface area contributed by atoms with E-state index in [9.17, 15) is 0 Å². The van der Waals surface area contributed by atoms with Crippen molar-refractivity contribution in [3.63, 3.8) is 0 Å². The van der Waals surface area contributed by atoms with Crippen LogP contribution in [0.4, 0.5) is 0 Å². The van der Waals surface area contributed by atoms with Gasteiger partial charge in [-0.15, -0.1) is 0 Å². The van der Waals surface area contributed by atoms with Gasteiger partial charge in [0.2, 0.25) is 0 Å². The van der Waals surface area contributed by atoms with Crippen LogP contribution in [-0.4, -0.2) is 29.2 Å². The number of pyridine rings is 1. The average molecular weight is 342 g/mol. The smallest absolute Gasteiger partial charge is 0.163 e. The molecule has 104 valence electrons. The summed E-state index contributed by atoms with van der Waals surface area (Å²) in [5.41, 5.74) is 1.79. The maximum atomic E-state index is 5.79. The molecule has 0 fully saturated rings. The van der Waals surface area contributed by atoms with Crippen LogP contribution in [0.3, 0.4) is 0 Å². The summed E-state index contributed by atoms with van der Waals surface area (Å²) >= 11 is 3.40. The molecule has 0 amide bonds. The third kappa shape index (κ3) is 3.87. The molecule has 0 saturated carbocycles. The zero-order valence-electron chi connectivity index (χ0n) is 11.9. The second-order valence-electron chi connectivity index (χ2n) is 5.91. The first-order chi connectivity index (χ1) is 8.87. The van der Waals surface area contributed by atoms with Crippen LogP contribution in [0.1, 0.15) is 5.82 Å². The van der Waals surface area contributed by atoms with Crippen LogP contribution in [0.25, 0.3) is 11.2 Å². The fraction of sp³-hybridized carbons (Fsp3) is 0.538. The monoisotopic (exact) mass is 341 g/mol. The summed E-state index contributed by atoms with van der Waals surface area (Å²) in [6.45, 7) is 10.4. The Morgan fingerprint density at radius 3 is 2.68 bits per heavy atom. The highest BCUT2D eigenvalue weighted by Gasteiger charge is 2.13. The highest BCUT2D eigenvalue weighted by atomic mass is 79.9. The van der Waals surface area contributed by atoms with Crippen molar-refractivity contribution in [2.45, 2.75) is 39.3 Å². The van der Waals surface area contributed by atoms with E-state index in [-0.39, 0.29) is 0 Å². The molecule has 0 N–H and O–H groups in total. The molecule has 2 rings (SSSR count). The van der Waals surface area contributed by atoms with E-state index in [1.165, 1.54) is 6.04 Å². The number of hydrogen-bond acceptors (Lipinski definition) is 3. The third-order valence-electron chi connectivity index (χ3n) is 2.97. The minimum absolute atomic E-state index is 0.524. The Kier molecular flexibility index (Phi) is 4.42. The number of fused-ring (bicyclic) bond motifs is 1. The van der Waals surface area contributed by atoms with Crippen molar-refractivity contribution in [3.8, 4) is 0 Å². The number of aryl methyl sites for hydroxylation is 1. The van der Waals surface area contributed by atoms with Crippen LogP contribution < -0.4 is 0 Å². The topological polar surface area (TPSA) is 39.9 Å². The standard InChI is InChI=1S/C13H20BrN3OSi/c1-10-15-11-5-6-12(14)16-13(11)17(10)9-18-7-8-19(2,3)4/h5-6H,7-9H2,1-4H3. The zero-order valence-corrected chi connectivity index (χ0v) is 14.5. The van der Waals surface area contributed by atoms with Crippen LogP contribution in [0.15, 0.2) is 16.7 Å². The maximum Gasteiger partial charge on any atom is 0.163 e. The number of imidazole rings is 1. The molecule has 4 nitrogen and oxygen atoms in total. The van der Waals surface area contributed by atoms with E-state index in [2.05, 4.69) is 45.5 Å². The van der Waals surface area contributed by atoms with E-state index in [1.54, 1.807) is 0 Å². The van der Waals surface area contributed by atoms with Crippen molar-refractivity contribution in [3.05, 3.63) is 22.6 Å². The van der Waals surface area contributed by atoms with Crippen LogP contribution in [-0.2, 0) is 11.5 Å². The first kappa shape index (κ1) is 14.7. The van der Waals surface area contributed by atoms with Gasteiger partial charge >= 0.3 is 0 Å². The summed E-state index contributed by atoms with van der Waals surface area (Å²) in [4.78, 5) is 8.96. The summed E-state index contributed by atoms with van der Waals surface area (Å²) < 4.78 is 8.63. The van der Waals surface area contributed by atoms with E-state index < -0.39 is 8.07 Å². The van der Waals surface area contributed by atoms with Gasteiger partial charge in [0, 0.05) is 14.7 Å². The first-order valence-corrected chi connectivity index (χ1v) is 10.9. The molecule has 2 aromatic heterocycles. The normalized spacial score (nSPS) is 12.3. The molecular formula is C13H20BrN3OSi. The van der Waals surface area contributed by atoms with Crippen LogP contribution in [0.2, 0.25) is 25.7 Å². The van der Waals surface area contributed by atoms with Gasteiger partial charge < -0.3 is 4.74 Å². The van der Waals surface area contributed by atoms with Gasteiger partial charge in [0.05, 0.1) is 0 Å². The summed E-state index contributed by atoms with van der Waals surface area (Å²) in [5.74, 6) is 0.939. The Labute approximate surface area is 123 Å². The van der Waals surface area contributed by atoms with E-state index in [4.69, 9.17) is 4.74 Å².